The number of β-amino-alcohol motifs (C(OH)–C–C–N with tert-alkyl or cyclic N) is 1. The van der Waals surface area contributed by atoms with Crippen LogP contribution in [0.4, 0.5) is 18.9 Å². The van der Waals surface area contributed by atoms with Crippen LogP contribution in [-0.4, -0.2) is 41.7 Å². The predicted octanol–water partition coefficient (Wildman–Crippen LogP) is 2.74. The monoisotopic (exact) mass is 330 g/mol. The Bertz CT molecular complexity index is 548. The first-order valence-electron chi connectivity index (χ1n) is 7.63. The highest BCUT2D eigenvalue weighted by Gasteiger charge is 2.30. The molecule has 1 heterocycles. The van der Waals surface area contributed by atoms with Crippen LogP contribution in [0.1, 0.15) is 25.3 Å². The van der Waals surface area contributed by atoms with E-state index >= 15 is 0 Å². The summed E-state index contributed by atoms with van der Waals surface area (Å²) in [5.74, 6) is -0.0809. The van der Waals surface area contributed by atoms with Crippen molar-refractivity contribution in [2.45, 2.75) is 32.0 Å². The minimum atomic E-state index is -4.43. The summed E-state index contributed by atoms with van der Waals surface area (Å²) in [4.78, 5) is 13.9. The summed E-state index contributed by atoms with van der Waals surface area (Å²) in [5, 5.41) is 12.3. The predicted molar refractivity (Wildman–Crippen MR) is 80.9 cm³/mol. The van der Waals surface area contributed by atoms with E-state index in [9.17, 15) is 23.1 Å². The van der Waals surface area contributed by atoms with Crippen LogP contribution in [0.5, 0.6) is 0 Å². The van der Waals surface area contributed by atoms with Gasteiger partial charge in [-0.15, -0.1) is 0 Å². The number of likely N-dealkylation sites (tertiary alicyclic amines) is 1. The third kappa shape index (κ3) is 5.21. The van der Waals surface area contributed by atoms with Crippen LogP contribution in [0.3, 0.4) is 0 Å². The van der Waals surface area contributed by atoms with E-state index in [0.29, 0.717) is 13.1 Å². The molecule has 1 saturated heterocycles. The Morgan fingerprint density at radius 1 is 1.43 bits per heavy atom. The molecule has 1 amide bonds. The molecule has 128 valence electrons. The number of rotatable bonds is 4. The van der Waals surface area contributed by atoms with Gasteiger partial charge in [-0.1, -0.05) is 13.0 Å². The van der Waals surface area contributed by atoms with Gasteiger partial charge in [-0.3, -0.25) is 4.79 Å². The van der Waals surface area contributed by atoms with Gasteiger partial charge in [0.15, 0.2) is 0 Å². The van der Waals surface area contributed by atoms with E-state index in [2.05, 4.69) is 5.32 Å². The summed E-state index contributed by atoms with van der Waals surface area (Å²) in [6, 6.07) is 4.58. The molecule has 0 radical (unpaired) electrons. The van der Waals surface area contributed by atoms with Crippen LogP contribution in [-0.2, 0) is 11.0 Å². The molecule has 2 rings (SSSR count). The van der Waals surface area contributed by atoms with Crippen LogP contribution in [0.25, 0.3) is 0 Å². The maximum absolute atomic E-state index is 12.6. The normalized spacial score (nSPS) is 22.8. The van der Waals surface area contributed by atoms with Crippen molar-refractivity contribution >= 4 is 11.6 Å². The van der Waals surface area contributed by atoms with E-state index in [-0.39, 0.29) is 23.9 Å². The fourth-order valence-electron chi connectivity index (χ4n) is 2.57. The number of aliphatic hydroxyl groups is 1. The number of benzene rings is 1. The second-order valence-electron chi connectivity index (χ2n) is 6.01. The molecule has 4 nitrogen and oxygen atoms in total. The summed E-state index contributed by atoms with van der Waals surface area (Å²) >= 11 is 0. The molecule has 7 heteroatoms. The van der Waals surface area contributed by atoms with E-state index in [1.807, 2.05) is 11.8 Å². The Labute approximate surface area is 133 Å². The minimum Gasteiger partial charge on any atom is -0.392 e. The van der Waals surface area contributed by atoms with Crippen LogP contribution < -0.4 is 5.32 Å². The average Bonchev–Trinajstić information content (AvgIpc) is 2.48. The van der Waals surface area contributed by atoms with E-state index in [4.69, 9.17) is 0 Å². The largest absolute Gasteiger partial charge is 0.416 e. The Kier molecular flexibility index (Phi) is 5.64. The zero-order valence-electron chi connectivity index (χ0n) is 12.9. The van der Waals surface area contributed by atoms with E-state index in [0.717, 1.165) is 25.1 Å². The first-order valence-corrected chi connectivity index (χ1v) is 7.63. The number of aliphatic hydroxyl groups excluding tert-OH is 1. The van der Waals surface area contributed by atoms with E-state index in [1.165, 1.54) is 12.1 Å². The number of alkyl halides is 3. The van der Waals surface area contributed by atoms with Crippen molar-refractivity contribution in [2.75, 3.05) is 25.0 Å². The smallest absolute Gasteiger partial charge is 0.392 e. The minimum absolute atomic E-state index is 0.136. The number of halogens is 3. The Morgan fingerprint density at radius 3 is 2.83 bits per heavy atom. The van der Waals surface area contributed by atoms with Gasteiger partial charge in [-0.05, 0) is 37.1 Å². The third-order valence-electron chi connectivity index (χ3n) is 4.13. The summed E-state index contributed by atoms with van der Waals surface area (Å²) < 4.78 is 37.9. The molecule has 23 heavy (non-hydrogen) atoms. The second-order valence-corrected chi connectivity index (χ2v) is 6.01. The number of anilines is 1. The van der Waals surface area contributed by atoms with Gasteiger partial charge >= 0.3 is 6.18 Å². The Hall–Kier alpha value is -1.60. The maximum Gasteiger partial charge on any atom is 0.416 e. The Morgan fingerprint density at radius 2 is 2.17 bits per heavy atom. The molecule has 1 fully saturated rings. The zero-order chi connectivity index (χ0) is 17.0. The highest BCUT2D eigenvalue weighted by molar-refractivity contribution is 5.90. The topological polar surface area (TPSA) is 52.6 Å². The van der Waals surface area contributed by atoms with Crippen LogP contribution in [0, 0.1) is 5.92 Å². The lowest BCUT2D eigenvalue weighted by Gasteiger charge is -2.34. The van der Waals surface area contributed by atoms with Gasteiger partial charge < -0.3 is 15.3 Å². The second kappa shape index (κ2) is 7.31. The SMILES string of the molecule is CC1CCN(CCC(=O)Nc2cccc(C(F)(F)F)c2)CC1O. The van der Waals surface area contributed by atoms with Crippen LogP contribution >= 0.6 is 0 Å². The van der Waals surface area contributed by atoms with Crippen molar-refractivity contribution in [1.29, 1.82) is 0 Å². The molecule has 1 aromatic rings. The number of carbonyl (C=O) groups is 1. The fourth-order valence-corrected chi connectivity index (χ4v) is 2.57. The van der Waals surface area contributed by atoms with Gasteiger partial charge in [0, 0.05) is 25.2 Å². The van der Waals surface area contributed by atoms with Crippen molar-refractivity contribution in [1.82, 2.24) is 4.90 Å². The number of carbonyl (C=O) groups excluding carboxylic acids is 1. The number of piperidine rings is 1. The lowest BCUT2D eigenvalue weighted by molar-refractivity contribution is -0.137. The third-order valence-corrected chi connectivity index (χ3v) is 4.13. The molecule has 2 atom stereocenters. The van der Waals surface area contributed by atoms with Crippen molar-refractivity contribution in [3.8, 4) is 0 Å². The van der Waals surface area contributed by atoms with Gasteiger partial charge in [-0.25, -0.2) is 0 Å². The van der Waals surface area contributed by atoms with Gasteiger partial charge in [0.25, 0.3) is 0 Å². The molecule has 1 aliphatic heterocycles. The maximum atomic E-state index is 12.6. The van der Waals surface area contributed by atoms with Gasteiger partial charge in [0.2, 0.25) is 5.91 Å². The molecule has 0 bridgehead atoms. The number of nitrogens with zero attached hydrogens (tertiary/aromatic N) is 1. The van der Waals surface area contributed by atoms with Gasteiger partial charge in [-0.2, -0.15) is 13.2 Å². The highest BCUT2D eigenvalue weighted by atomic mass is 19.4. The molecule has 0 aromatic heterocycles. The van der Waals surface area contributed by atoms with Crippen molar-refractivity contribution < 1.29 is 23.1 Å². The quantitative estimate of drug-likeness (QED) is 0.892. The number of nitrogens with one attached hydrogen (secondary N) is 1. The van der Waals surface area contributed by atoms with E-state index < -0.39 is 17.8 Å². The average molecular weight is 330 g/mol. The lowest BCUT2D eigenvalue weighted by Crippen LogP contribution is -2.43. The summed E-state index contributed by atoms with van der Waals surface area (Å²) in [7, 11) is 0. The molecule has 2 N–H and O–H groups in total. The molecular weight excluding hydrogens is 309 g/mol. The molecule has 0 saturated carbocycles. The van der Waals surface area contributed by atoms with Gasteiger partial charge in [0.1, 0.15) is 0 Å². The van der Waals surface area contributed by atoms with E-state index in [1.54, 1.807) is 0 Å². The first kappa shape index (κ1) is 17.7. The summed E-state index contributed by atoms with van der Waals surface area (Å²) in [6.07, 6.45) is -3.77. The van der Waals surface area contributed by atoms with Crippen molar-refractivity contribution in [3.63, 3.8) is 0 Å². The van der Waals surface area contributed by atoms with Crippen molar-refractivity contribution in [2.24, 2.45) is 5.92 Å². The molecule has 0 aliphatic carbocycles. The Balaban J connectivity index is 1.83. The van der Waals surface area contributed by atoms with Gasteiger partial charge in [0.05, 0.1) is 11.7 Å². The van der Waals surface area contributed by atoms with Crippen LogP contribution in [0.2, 0.25) is 0 Å². The van der Waals surface area contributed by atoms with Crippen molar-refractivity contribution in [3.05, 3.63) is 29.8 Å². The molecular formula is C16H21F3N2O2. The number of hydrogen-bond donors (Lipinski definition) is 2. The molecule has 0 spiro atoms. The fraction of sp³-hybridized carbons (Fsp3) is 0.562. The molecule has 1 aliphatic rings. The zero-order valence-corrected chi connectivity index (χ0v) is 12.9. The standard InChI is InChI=1S/C16H21F3N2O2/c1-11-5-7-21(10-14(11)22)8-6-15(23)20-13-4-2-3-12(9-13)16(17,18)19/h2-4,9,11,14,22H,5-8,10H2,1H3,(H,20,23). The molecule has 2 unspecified atom stereocenters. The lowest BCUT2D eigenvalue weighted by atomic mass is 9.96. The molecule has 1 aromatic carbocycles. The number of hydrogen-bond acceptors (Lipinski definition) is 3. The first-order chi connectivity index (χ1) is 10.8. The number of amides is 1. The summed E-state index contributed by atoms with van der Waals surface area (Å²) in [5.41, 5.74) is -0.652. The highest BCUT2D eigenvalue weighted by Crippen LogP contribution is 2.30. The van der Waals surface area contributed by atoms with Crippen LogP contribution in [0.15, 0.2) is 24.3 Å². The summed E-state index contributed by atoms with van der Waals surface area (Å²) in [6.45, 7) is 3.81.